The number of methoxy groups -OCH3 is 1. The molecule has 2 heterocycles. The number of piperazine rings is 1. The molecule has 6 nitrogen and oxygen atoms in total. The predicted octanol–water partition coefficient (Wildman–Crippen LogP) is 0.615. The minimum absolute atomic E-state index is 0.795. The van der Waals surface area contributed by atoms with E-state index in [9.17, 15) is 0 Å². The van der Waals surface area contributed by atoms with Gasteiger partial charge in [-0.25, -0.2) is 9.97 Å². The number of rotatable bonds is 9. The minimum Gasteiger partial charge on any atom is -0.383 e. The number of hydrogen-bond donors (Lipinski definition) is 1. The SMILES string of the molecule is COCCNCCCCN1CCN(c2ncccn2)CC1. The first-order valence-corrected chi connectivity index (χ1v) is 7.84. The second kappa shape index (κ2) is 9.65. The van der Waals surface area contributed by atoms with Gasteiger partial charge in [0.2, 0.25) is 5.95 Å². The van der Waals surface area contributed by atoms with Crippen molar-refractivity contribution in [3.63, 3.8) is 0 Å². The zero-order valence-electron chi connectivity index (χ0n) is 13.0. The van der Waals surface area contributed by atoms with Crippen molar-refractivity contribution in [3.05, 3.63) is 18.5 Å². The van der Waals surface area contributed by atoms with E-state index in [1.165, 1.54) is 19.4 Å². The second-order valence-electron chi connectivity index (χ2n) is 5.33. The fourth-order valence-electron chi connectivity index (χ4n) is 2.51. The maximum absolute atomic E-state index is 5.00. The van der Waals surface area contributed by atoms with Crippen LogP contribution in [0.15, 0.2) is 18.5 Å². The fraction of sp³-hybridized carbons (Fsp3) is 0.733. The van der Waals surface area contributed by atoms with Crippen LogP contribution in [-0.2, 0) is 4.74 Å². The van der Waals surface area contributed by atoms with Crippen molar-refractivity contribution in [2.45, 2.75) is 12.8 Å². The number of aromatic nitrogens is 2. The molecule has 0 radical (unpaired) electrons. The Bertz CT molecular complexity index is 368. The normalized spacial score (nSPS) is 16.3. The maximum Gasteiger partial charge on any atom is 0.225 e. The van der Waals surface area contributed by atoms with E-state index in [-0.39, 0.29) is 0 Å². The van der Waals surface area contributed by atoms with Crippen LogP contribution in [0.5, 0.6) is 0 Å². The average Bonchev–Trinajstić information content (AvgIpc) is 2.55. The van der Waals surface area contributed by atoms with Crippen molar-refractivity contribution in [1.82, 2.24) is 20.2 Å². The summed E-state index contributed by atoms with van der Waals surface area (Å²) < 4.78 is 5.00. The largest absolute Gasteiger partial charge is 0.383 e. The predicted molar refractivity (Wildman–Crippen MR) is 84.7 cm³/mol. The molecule has 1 aromatic rings. The van der Waals surface area contributed by atoms with Gasteiger partial charge in [0.05, 0.1) is 6.61 Å². The minimum atomic E-state index is 0.795. The smallest absolute Gasteiger partial charge is 0.225 e. The molecule has 1 aromatic heterocycles. The highest BCUT2D eigenvalue weighted by molar-refractivity contribution is 5.29. The summed E-state index contributed by atoms with van der Waals surface area (Å²) in [6, 6.07) is 1.86. The Morgan fingerprint density at radius 3 is 2.57 bits per heavy atom. The van der Waals surface area contributed by atoms with E-state index in [0.717, 1.165) is 51.8 Å². The lowest BCUT2D eigenvalue weighted by molar-refractivity contribution is 0.199. The summed E-state index contributed by atoms with van der Waals surface area (Å²) >= 11 is 0. The molecule has 21 heavy (non-hydrogen) atoms. The molecule has 1 fully saturated rings. The lowest BCUT2D eigenvalue weighted by Crippen LogP contribution is -2.47. The van der Waals surface area contributed by atoms with Gasteiger partial charge in [-0.05, 0) is 32.0 Å². The van der Waals surface area contributed by atoms with Crippen LogP contribution >= 0.6 is 0 Å². The molecule has 0 amide bonds. The molecule has 0 atom stereocenters. The zero-order valence-corrected chi connectivity index (χ0v) is 13.0. The second-order valence-corrected chi connectivity index (χ2v) is 5.33. The summed E-state index contributed by atoms with van der Waals surface area (Å²) in [5, 5.41) is 3.38. The fourth-order valence-corrected chi connectivity index (χ4v) is 2.51. The summed E-state index contributed by atoms with van der Waals surface area (Å²) in [6.45, 7) is 8.28. The van der Waals surface area contributed by atoms with E-state index in [4.69, 9.17) is 4.74 Å². The molecular weight excluding hydrogens is 266 g/mol. The third kappa shape index (κ3) is 5.95. The number of anilines is 1. The molecule has 118 valence electrons. The lowest BCUT2D eigenvalue weighted by Gasteiger charge is -2.34. The van der Waals surface area contributed by atoms with Crippen molar-refractivity contribution >= 4 is 5.95 Å². The number of ether oxygens (including phenoxy) is 1. The van der Waals surface area contributed by atoms with E-state index >= 15 is 0 Å². The lowest BCUT2D eigenvalue weighted by atomic mass is 10.2. The summed E-state index contributed by atoms with van der Waals surface area (Å²) in [7, 11) is 1.74. The van der Waals surface area contributed by atoms with Gasteiger partial charge in [-0.2, -0.15) is 0 Å². The Hall–Kier alpha value is -1.24. The van der Waals surface area contributed by atoms with E-state index in [1.807, 2.05) is 18.5 Å². The third-order valence-electron chi connectivity index (χ3n) is 3.77. The van der Waals surface area contributed by atoms with Crippen LogP contribution in [-0.4, -0.2) is 74.4 Å². The van der Waals surface area contributed by atoms with Crippen molar-refractivity contribution in [2.75, 3.05) is 64.4 Å². The van der Waals surface area contributed by atoms with Crippen molar-refractivity contribution in [2.24, 2.45) is 0 Å². The van der Waals surface area contributed by atoms with Crippen LogP contribution in [0, 0.1) is 0 Å². The van der Waals surface area contributed by atoms with Gasteiger partial charge < -0.3 is 15.0 Å². The zero-order chi connectivity index (χ0) is 14.8. The Morgan fingerprint density at radius 2 is 1.86 bits per heavy atom. The van der Waals surface area contributed by atoms with Gasteiger partial charge >= 0.3 is 0 Å². The third-order valence-corrected chi connectivity index (χ3v) is 3.77. The Labute approximate surface area is 127 Å². The summed E-state index contributed by atoms with van der Waals surface area (Å²) in [4.78, 5) is 13.4. The van der Waals surface area contributed by atoms with Crippen LogP contribution in [0.25, 0.3) is 0 Å². The summed E-state index contributed by atoms with van der Waals surface area (Å²) in [5.74, 6) is 0.861. The monoisotopic (exact) mass is 293 g/mol. The number of hydrogen-bond acceptors (Lipinski definition) is 6. The van der Waals surface area contributed by atoms with Crippen LogP contribution in [0.1, 0.15) is 12.8 Å². The van der Waals surface area contributed by atoms with Crippen molar-refractivity contribution < 1.29 is 4.74 Å². The average molecular weight is 293 g/mol. The van der Waals surface area contributed by atoms with Crippen molar-refractivity contribution in [1.29, 1.82) is 0 Å². The van der Waals surface area contributed by atoms with Crippen LogP contribution in [0.3, 0.4) is 0 Å². The van der Waals surface area contributed by atoms with E-state index in [0.29, 0.717) is 0 Å². The van der Waals surface area contributed by atoms with Gasteiger partial charge in [0, 0.05) is 52.2 Å². The first kappa shape index (κ1) is 16.1. The number of nitrogens with zero attached hydrogens (tertiary/aromatic N) is 4. The van der Waals surface area contributed by atoms with Crippen molar-refractivity contribution in [3.8, 4) is 0 Å². The van der Waals surface area contributed by atoms with Gasteiger partial charge in [0.25, 0.3) is 0 Å². The molecule has 1 saturated heterocycles. The van der Waals surface area contributed by atoms with Gasteiger partial charge in [0.15, 0.2) is 0 Å². The molecule has 0 bridgehead atoms. The quantitative estimate of drug-likeness (QED) is 0.674. The molecule has 0 unspecified atom stereocenters. The molecule has 1 N–H and O–H groups in total. The Balaban J connectivity index is 1.53. The highest BCUT2D eigenvalue weighted by Gasteiger charge is 2.17. The van der Waals surface area contributed by atoms with E-state index in [1.54, 1.807) is 7.11 Å². The van der Waals surface area contributed by atoms with Crippen LogP contribution in [0.4, 0.5) is 5.95 Å². The van der Waals surface area contributed by atoms with Crippen LogP contribution in [0.2, 0.25) is 0 Å². The summed E-state index contributed by atoms with van der Waals surface area (Å²) in [6.07, 6.45) is 6.10. The number of nitrogens with one attached hydrogen (secondary N) is 1. The molecule has 0 spiro atoms. The van der Waals surface area contributed by atoms with Crippen LogP contribution < -0.4 is 10.2 Å². The first-order chi connectivity index (χ1) is 10.4. The standard InChI is InChI=1S/C15H27N5O/c1-21-14-8-16-5-2-3-9-19-10-12-20(13-11-19)15-17-6-4-7-18-15/h4,6-7,16H,2-3,5,8-14H2,1H3. The molecule has 6 heteroatoms. The summed E-state index contributed by atoms with van der Waals surface area (Å²) in [5.41, 5.74) is 0. The molecule has 2 rings (SSSR count). The maximum atomic E-state index is 5.00. The first-order valence-electron chi connectivity index (χ1n) is 7.84. The molecule has 1 aliphatic heterocycles. The Kier molecular flexibility index (Phi) is 7.42. The van der Waals surface area contributed by atoms with Gasteiger partial charge in [-0.15, -0.1) is 0 Å². The molecule has 0 saturated carbocycles. The molecule has 0 aromatic carbocycles. The topological polar surface area (TPSA) is 53.5 Å². The van der Waals surface area contributed by atoms with Gasteiger partial charge in [-0.1, -0.05) is 0 Å². The molecule has 1 aliphatic rings. The number of unbranched alkanes of at least 4 members (excludes halogenated alkanes) is 1. The van der Waals surface area contributed by atoms with E-state index in [2.05, 4.69) is 25.1 Å². The van der Waals surface area contributed by atoms with E-state index < -0.39 is 0 Å². The van der Waals surface area contributed by atoms with Gasteiger partial charge in [-0.3, -0.25) is 4.90 Å². The highest BCUT2D eigenvalue weighted by Crippen LogP contribution is 2.09. The Morgan fingerprint density at radius 1 is 1.10 bits per heavy atom. The van der Waals surface area contributed by atoms with Gasteiger partial charge in [0.1, 0.15) is 0 Å². The highest BCUT2D eigenvalue weighted by atomic mass is 16.5. The molecule has 0 aliphatic carbocycles. The molecular formula is C15H27N5O.